The minimum atomic E-state index is -1.49. The third kappa shape index (κ3) is 17.4. The van der Waals surface area contributed by atoms with Crippen molar-refractivity contribution in [3.63, 3.8) is 0 Å². The van der Waals surface area contributed by atoms with Crippen molar-refractivity contribution >= 4 is 47.4 Å². The lowest BCUT2D eigenvalue weighted by atomic mass is 9.97. The third-order valence-corrected chi connectivity index (χ3v) is 7.21. The number of pyridine rings is 2. The Kier molecular flexibility index (Phi) is 25.8. The van der Waals surface area contributed by atoms with Gasteiger partial charge in [-0.2, -0.15) is 26.3 Å². The highest BCUT2D eigenvalue weighted by Gasteiger charge is 2.34. The van der Waals surface area contributed by atoms with Gasteiger partial charge in [0.05, 0.1) is 92.8 Å². The molecule has 20 nitrogen and oxygen atoms in total. The van der Waals surface area contributed by atoms with Crippen LogP contribution in [0, 0.1) is 63.2 Å². The van der Waals surface area contributed by atoms with Gasteiger partial charge in [0.2, 0.25) is 0 Å². The van der Waals surface area contributed by atoms with Crippen LogP contribution in [0.4, 0.5) is 0 Å². The zero-order valence-corrected chi connectivity index (χ0v) is 34.8. The molecule has 0 spiro atoms. The van der Waals surface area contributed by atoms with Crippen molar-refractivity contribution in [1.29, 1.82) is 26.3 Å². The number of carbonyl (C=O) groups is 6. The molecule has 5 atom stereocenters. The molecule has 61 heavy (non-hydrogen) atoms. The number of rotatable bonds is 17. The van der Waals surface area contributed by atoms with Crippen LogP contribution in [0.2, 0.25) is 5.02 Å². The van der Waals surface area contributed by atoms with Crippen LogP contribution in [0.5, 0.6) is 0 Å². The molecular weight excluding hydrogens is 820 g/mol. The van der Waals surface area contributed by atoms with Gasteiger partial charge in [-0.3, -0.25) is 38.8 Å². The third-order valence-electron chi connectivity index (χ3n) is 6.99. The Morgan fingerprint density at radius 2 is 0.852 bits per heavy atom. The maximum absolute atomic E-state index is 12.2. The average Bonchev–Trinajstić information content (AvgIpc) is 3.20. The minimum Gasteiger partial charge on any atom is -0.465 e. The summed E-state index contributed by atoms with van der Waals surface area (Å²) in [6.45, 7) is 17.6. The van der Waals surface area contributed by atoms with E-state index in [0.29, 0.717) is 6.61 Å². The lowest BCUT2D eigenvalue weighted by Gasteiger charge is -2.15. The molecule has 0 N–H and O–H groups in total. The summed E-state index contributed by atoms with van der Waals surface area (Å²) in [6, 6.07) is 12.4. The van der Waals surface area contributed by atoms with E-state index in [2.05, 4.69) is 19.5 Å². The maximum Gasteiger partial charge on any atom is 0.395 e. The number of nitriles is 5. The quantitative estimate of drug-likeness (QED) is 0.120. The number of aromatic nitrogens is 2. The fourth-order valence-electron chi connectivity index (χ4n) is 4.51. The van der Waals surface area contributed by atoms with Crippen LogP contribution in [-0.2, 0) is 57.2 Å². The zero-order valence-electron chi connectivity index (χ0n) is 34.0. The minimum absolute atomic E-state index is 0.0120. The van der Waals surface area contributed by atoms with E-state index in [1.165, 1.54) is 24.3 Å². The van der Waals surface area contributed by atoms with Crippen molar-refractivity contribution in [2.75, 3.05) is 39.6 Å². The van der Waals surface area contributed by atoms with Crippen LogP contribution >= 0.6 is 11.6 Å². The van der Waals surface area contributed by atoms with Crippen molar-refractivity contribution in [1.82, 2.24) is 9.97 Å². The first kappa shape index (κ1) is 53.4. The van der Waals surface area contributed by atoms with E-state index in [9.17, 15) is 39.3 Å². The molecule has 0 radical (unpaired) electrons. The molecule has 0 fully saturated rings. The highest BCUT2D eigenvalue weighted by atomic mass is 35.5. The Labute approximate surface area is 356 Å². The standard InChI is InChI=1S/C20H20N4O6.C15H14ClN3O4.C5H7NO2/c1-5-28-18(25)13(10-21)15-8-12(17(23-4)20(27)30-7-3)9-16(24-15)14(11-22)19(26)29-6-2;1-3-22-14(20)10(7-17)12-5-9(16)6-13(19-12)11(8-18)15(21)23-4-2;1-2-8-5(7)3-4-6/h8-9,13-14,17H,5-7H2,1-3H3;5-6,10-11H,3-4H2,1-2H3;2-3H2,1H3. The molecule has 5 unspecified atom stereocenters. The lowest BCUT2D eigenvalue weighted by Crippen LogP contribution is -2.21. The summed E-state index contributed by atoms with van der Waals surface area (Å²) < 4.78 is 28.6. The van der Waals surface area contributed by atoms with Crippen LogP contribution in [0.25, 0.3) is 4.85 Å². The predicted octanol–water partition coefficient (Wildman–Crippen LogP) is 4.48. The SMILES string of the molecule is CCOC(=O)C(C#N)c1cc(Cl)cc(C(C#N)C(=O)OCC)n1.CCOC(=O)CC#N.[C-]#[N+]C(C(=O)OCC)c1cc(C(C#N)C(=O)OCC)nc(C(C#N)C(=O)OCC)c1. The number of ether oxygens (including phenoxy) is 6. The van der Waals surface area contributed by atoms with Gasteiger partial charge in [-0.05, 0) is 65.8 Å². The zero-order chi connectivity index (χ0) is 46.5. The summed E-state index contributed by atoms with van der Waals surface area (Å²) in [6.07, 6.45) is -0.145. The second kappa shape index (κ2) is 29.5. The van der Waals surface area contributed by atoms with Crippen LogP contribution in [0.3, 0.4) is 0 Å². The Morgan fingerprint density at radius 1 is 0.557 bits per heavy atom. The predicted molar refractivity (Wildman–Crippen MR) is 206 cm³/mol. The lowest BCUT2D eigenvalue weighted by molar-refractivity contribution is -0.144. The van der Waals surface area contributed by atoms with E-state index in [1.54, 1.807) is 71.9 Å². The van der Waals surface area contributed by atoms with Gasteiger partial charge in [0.25, 0.3) is 0 Å². The highest BCUT2D eigenvalue weighted by Crippen LogP contribution is 2.28. The summed E-state index contributed by atoms with van der Waals surface area (Å²) in [5, 5.41) is 45.2. The Bertz CT molecular complexity index is 1940. The fraction of sp³-hybridized carbons (Fsp3) is 0.450. The van der Waals surface area contributed by atoms with E-state index in [-0.39, 0.29) is 72.8 Å². The molecule has 0 bridgehead atoms. The molecule has 2 aromatic heterocycles. The van der Waals surface area contributed by atoms with Crippen LogP contribution < -0.4 is 0 Å². The second-order valence-corrected chi connectivity index (χ2v) is 11.5. The topological polar surface area (TPSA) is 307 Å². The van der Waals surface area contributed by atoms with Crippen molar-refractivity contribution in [2.24, 2.45) is 0 Å². The van der Waals surface area contributed by atoms with Gasteiger partial charge in [-0.25, -0.2) is 11.4 Å². The number of carbonyl (C=O) groups excluding carboxylic acids is 6. The Morgan fingerprint density at radius 3 is 1.11 bits per heavy atom. The highest BCUT2D eigenvalue weighted by molar-refractivity contribution is 6.30. The van der Waals surface area contributed by atoms with Crippen molar-refractivity contribution in [3.05, 3.63) is 69.0 Å². The normalized spacial score (nSPS) is 12.0. The smallest absolute Gasteiger partial charge is 0.395 e. The molecule has 0 aliphatic carbocycles. The Balaban J connectivity index is 0.00000102. The van der Waals surface area contributed by atoms with Gasteiger partial charge >= 0.3 is 41.9 Å². The van der Waals surface area contributed by atoms with Gasteiger partial charge in [-0.1, -0.05) is 11.6 Å². The molecule has 2 heterocycles. The van der Waals surface area contributed by atoms with E-state index in [0.717, 1.165) is 0 Å². The van der Waals surface area contributed by atoms with Gasteiger partial charge in [0, 0.05) is 10.6 Å². The molecule has 0 saturated heterocycles. The monoisotopic (exact) mass is 860 g/mol. The number of hydrogen-bond acceptors (Lipinski definition) is 19. The molecular formula is C40H41ClN8O12. The molecule has 21 heteroatoms. The van der Waals surface area contributed by atoms with Crippen molar-refractivity contribution in [2.45, 2.75) is 77.7 Å². The summed E-state index contributed by atoms with van der Waals surface area (Å²) >= 11 is 5.95. The number of hydrogen-bond donors (Lipinski definition) is 0. The molecule has 0 saturated carbocycles. The summed E-state index contributed by atoms with van der Waals surface area (Å²) in [7, 11) is 0. The molecule has 2 rings (SSSR count). The Hall–Kier alpha value is -7.65. The van der Waals surface area contributed by atoms with E-state index < -0.39 is 65.5 Å². The fourth-order valence-corrected chi connectivity index (χ4v) is 4.73. The molecule has 0 aliphatic heterocycles. The summed E-state index contributed by atoms with van der Waals surface area (Å²) in [4.78, 5) is 81.7. The van der Waals surface area contributed by atoms with Gasteiger partial charge in [-0.15, -0.1) is 0 Å². The maximum atomic E-state index is 12.2. The summed E-state index contributed by atoms with van der Waals surface area (Å²) in [5.74, 6) is -10.2. The molecule has 0 amide bonds. The van der Waals surface area contributed by atoms with Crippen molar-refractivity contribution in [3.8, 4) is 30.3 Å². The molecule has 0 aromatic carbocycles. The van der Waals surface area contributed by atoms with E-state index >= 15 is 0 Å². The first-order chi connectivity index (χ1) is 29.2. The largest absolute Gasteiger partial charge is 0.465 e. The number of nitrogens with zero attached hydrogens (tertiary/aromatic N) is 8. The molecule has 320 valence electrons. The molecule has 2 aromatic rings. The van der Waals surface area contributed by atoms with Crippen LogP contribution in [0.15, 0.2) is 24.3 Å². The first-order valence-corrected chi connectivity index (χ1v) is 18.5. The van der Waals surface area contributed by atoms with Crippen LogP contribution in [0.1, 0.15) is 106 Å². The van der Waals surface area contributed by atoms with Gasteiger partial charge < -0.3 is 28.4 Å². The average molecular weight is 861 g/mol. The van der Waals surface area contributed by atoms with Crippen molar-refractivity contribution < 1.29 is 57.2 Å². The van der Waals surface area contributed by atoms with E-state index in [4.69, 9.17) is 57.6 Å². The van der Waals surface area contributed by atoms with Gasteiger partial charge in [0.15, 0.2) is 23.7 Å². The second-order valence-electron chi connectivity index (χ2n) is 11.1. The first-order valence-electron chi connectivity index (χ1n) is 18.2. The summed E-state index contributed by atoms with van der Waals surface area (Å²) in [5.41, 5.74) is -0.273. The molecule has 0 aliphatic rings. The number of halogens is 1. The number of esters is 6. The van der Waals surface area contributed by atoms with E-state index in [1.807, 2.05) is 0 Å². The van der Waals surface area contributed by atoms with Crippen LogP contribution in [-0.4, -0.2) is 85.4 Å². The van der Waals surface area contributed by atoms with Gasteiger partial charge in [0.1, 0.15) is 6.42 Å².